The maximum Gasteiger partial charge on any atom is 0.239 e. The normalized spacial score (nSPS) is 10.2. The van der Waals surface area contributed by atoms with Crippen molar-refractivity contribution in [3.63, 3.8) is 0 Å². The van der Waals surface area contributed by atoms with Crippen molar-refractivity contribution in [3.05, 3.63) is 66.0 Å². The summed E-state index contributed by atoms with van der Waals surface area (Å²) < 4.78 is 18.4. The maximum atomic E-state index is 12.9. The first-order valence-corrected chi connectivity index (χ1v) is 8.55. The fourth-order valence-electron chi connectivity index (χ4n) is 2.34. The number of nitrogens with one attached hydrogen (secondary N) is 1. The number of para-hydroxylation sites is 1. The number of amides is 2. The van der Waals surface area contributed by atoms with Crippen molar-refractivity contribution in [2.75, 3.05) is 19.7 Å². The molecule has 0 bridgehead atoms. The zero-order chi connectivity index (χ0) is 18.8. The van der Waals surface area contributed by atoms with Gasteiger partial charge in [0.15, 0.2) is 0 Å². The number of carbonyl (C=O) groups is 2. The molecule has 2 aromatic carbocycles. The standard InChI is InChI=1S/C20H23FN2O3/c1-2-23(20(25)12-13-26-18-6-4-3-5-7-18)15-19(24)22-14-16-8-10-17(21)11-9-16/h3-11H,2,12-15H2,1H3,(H,22,24). The highest BCUT2D eigenvalue weighted by molar-refractivity contribution is 5.84. The number of rotatable bonds is 9. The molecule has 2 aromatic rings. The molecule has 0 saturated carbocycles. The summed E-state index contributed by atoms with van der Waals surface area (Å²) in [5.41, 5.74) is 0.797. The molecule has 2 amide bonds. The Morgan fingerprint density at radius 2 is 1.77 bits per heavy atom. The van der Waals surface area contributed by atoms with Gasteiger partial charge < -0.3 is 15.0 Å². The topological polar surface area (TPSA) is 58.6 Å². The van der Waals surface area contributed by atoms with E-state index in [1.54, 1.807) is 12.1 Å². The van der Waals surface area contributed by atoms with Crippen LogP contribution in [0.3, 0.4) is 0 Å². The van der Waals surface area contributed by atoms with E-state index < -0.39 is 0 Å². The molecule has 0 radical (unpaired) electrons. The van der Waals surface area contributed by atoms with Crippen LogP contribution in [0.2, 0.25) is 0 Å². The molecule has 0 aromatic heterocycles. The number of hydrogen-bond acceptors (Lipinski definition) is 3. The number of ether oxygens (including phenoxy) is 1. The molecule has 0 fully saturated rings. The van der Waals surface area contributed by atoms with Crippen LogP contribution in [0.5, 0.6) is 5.75 Å². The molecule has 1 N–H and O–H groups in total. The summed E-state index contributed by atoms with van der Waals surface area (Å²) in [6.45, 7) is 2.80. The predicted octanol–water partition coefficient (Wildman–Crippen LogP) is 2.76. The highest BCUT2D eigenvalue weighted by Gasteiger charge is 2.15. The molecule has 0 saturated heterocycles. The van der Waals surface area contributed by atoms with Gasteiger partial charge in [-0.25, -0.2) is 4.39 Å². The second-order valence-corrected chi connectivity index (χ2v) is 5.72. The molecule has 138 valence electrons. The Hall–Kier alpha value is -2.89. The van der Waals surface area contributed by atoms with Crippen LogP contribution in [-0.4, -0.2) is 36.4 Å². The number of halogens is 1. The first-order valence-electron chi connectivity index (χ1n) is 8.55. The van der Waals surface area contributed by atoms with Crippen molar-refractivity contribution in [2.24, 2.45) is 0 Å². The number of likely N-dealkylation sites (N-methyl/N-ethyl adjacent to an activating group) is 1. The third-order valence-corrected chi connectivity index (χ3v) is 3.80. The smallest absolute Gasteiger partial charge is 0.239 e. The Balaban J connectivity index is 1.73. The lowest BCUT2D eigenvalue weighted by molar-refractivity contribution is -0.136. The Bertz CT molecular complexity index is 705. The highest BCUT2D eigenvalue weighted by Crippen LogP contribution is 2.09. The van der Waals surface area contributed by atoms with Gasteiger partial charge in [0.25, 0.3) is 0 Å². The van der Waals surface area contributed by atoms with Crippen LogP contribution in [0.4, 0.5) is 4.39 Å². The zero-order valence-corrected chi connectivity index (χ0v) is 14.8. The van der Waals surface area contributed by atoms with Crippen molar-refractivity contribution in [2.45, 2.75) is 19.9 Å². The van der Waals surface area contributed by atoms with E-state index in [0.29, 0.717) is 18.8 Å². The first kappa shape index (κ1) is 19.4. The molecule has 0 atom stereocenters. The lowest BCUT2D eigenvalue weighted by Gasteiger charge is -2.20. The largest absolute Gasteiger partial charge is 0.493 e. The summed E-state index contributed by atoms with van der Waals surface area (Å²) >= 11 is 0. The first-order chi connectivity index (χ1) is 12.6. The molecule has 0 unspecified atom stereocenters. The fraction of sp³-hybridized carbons (Fsp3) is 0.300. The van der Waals surface area contributed by atoms with Gasteiger partial charge in [-0.15, -0.1) is 0 Å². The van der Waals surface area contributed by atoms with E-state index in [4.69, 9.17) is 4.74 Å². The van der Waals surface area contributed by atoms with E-state index in [2.05, 4.69) is 5.32 Å². The number of nitrogens with zero attached hydrogens (tertiary/aromatic N) is 1. The van der Waals surface area contributed by atoms with E-state index in [-0.39, 0.29) is 37.2 Å². The van der Waals surface area contributed by atoms with E-state index >= 15 is 0 Å². The van der Waals surface area contributed by atoms with Crippen LogP contribution in [0.1, 0.15) is 18.9 Å². The number of benzene rings is 2. The van der Waals surface area contributed by atoms with Crippen LogP contribution in [-0.2, 0) is 16.1 Å². The van der Waals surface area contributed by atoms with Crippen molar-refractivity contribution in [1.82, 2.24) is 10.2 Å². The fourth-order valence-corrected chi connectivity index (χ4v) is 2.34. The molecule has 26 heavy (non-hydrogen) atoms. The molecule has 0 spiro atoms. The second-order valence-electron chi connectivity index (χ2n) is 5.72. The second kappa shape index (κ2) is 10.2. The molecular formula is C20H23FN2O3. The summed E-state index contributed by atoms with van der Waals surface area (Å²) in [7, 11) is 0. The van der Waals surface area contributed by atoms with Gasteiger partial charge >= 0.3 is 0 Å². The van der Waals surface area contributed by atoms with Gasteiger partial charge in [0, 0.05) is 13.1 Å². The minimum Gasteiger partial charge on any atom is -0.493 e. The molecule has 0 aliphatic heterocycles. The van der Waals surface area contributed by atoms with Gasteiger partial charge in [0.05, 0.1) is 19.6 Å². The Kier molecular flexibility index (Phi) is 7.61. The molecule has 0 aliphatic rings. The lowest BCUT2D eigenvalue weighted by Crippen LogP contribution is -2.40. The molecule has 2 rings (SSSR count). The molecule has 0 heterocycles. The summed E-state index contributed by atoms with van der Waals surface area (Å²) in [6.07, 6.45) is 0.202. The van der Waals surface area contributed by atoms with Crippen LogP contribution in [0.15, 0.2) is 54.6 Å². The highest BCUT2D eigenvalue weighted by atomic mass is 19.1. The van der Waals surface area contributed by atoms with E-state index in [9.17, 15) is 14.0 Å². The molecular weight excluding hydrogens is 335 g/mol. The summed E-state index contributed by atoms with van der Waals surface area (Å²) in [4.78, 5) is 25.8. The van der Waals surface area contributed by atoms with E-state index in [1.165, 1.54) is 17.0 Å². The van der Waals surface area contributed by atoms with Gasteiger partial charge in [-0.3, -0.25) is 9.59 Å². The van der Waals surface area contributed by atoms with Crippen LogP contribution >= 0.6 is 0 Å². The summed E-state index contributed by atoms with van der Waals surface area (Å²) in [5.74, 6) is -0.00481. The van der Waals surface area contributed by atoms with E-state index in [1.807, 2.05) is 37.3 Å². The Morgan fingerprint density at radius 1 is 1.08 bits per heavy atom. The lowest BCUT2D eigenvalue weighted by atomic mass is 10.2. The zero-order valence-electron chi connectivity index (χ0n) is 14.8. The van der Waals surface area contributed by atoms with Gasteiger partial charge in [0.1, 0.15) is 11.6 Å². The summed E-state index contributed by atoms with van der Waals surface area (Å²) in [5, 5.41) is 2.73. The maximum absolute atomic E-state index is 12.9. The van der Waals surface area contributed by atoms with Gasteiger partial charge in [0.2, 0.25) is 11.8 Å². The third-order valence-electron chi connectivity index (χ3n) is 3.80. The van der Waals surface area contributed by atoms with Crippen molar-refractivity contribution in [1.29, 1.82) is 0 Å². The number of carbonyl (C=O) groups excluding carboxylic acids is 2. The van der Waals surface area contributed by atoms with Crippen LogP contribution in [0.25, 0.3) is 0 Å². The third kappa shape index (κ3) is 6.55. The summed E-state index contributed by atoms with van der Waals surface area (Å²) in [6, 6.07) is 15.2. The molecule has 5 nitrogen and oxygen atoms in total. The van der Waals surface area contributed by atoms with Gasteiger partial charge in [-0.1, -0.05) is 30.3 Å². The molecule has 6 heteroatoms. The minimum atomic E-state index is -0.319. The quantitative estimate of drug-likeness (QED) is 0.750. The monoisotopic (exact) mass is 358 g/mol. The van der Waals surface area contributed by atoms with Gasteiger partial charge in [-0.05, 0) is 36.8 Å². The minimum absolute atomic E-state index is 0.0120. The van der Waals surface area contributed by atoms with E-state index in [0.717, 1.165) is 5.56 Å². The predicted molar refractivity (Wildman–Crippen MR) is 97.1 cm³/mol. The Labute approximate surface area is 152 Å². The Morgan fingerprint density at radius 3 is 2.42 bits per heavy atom. The van der Waals surface area contributed by atoms with Gasteiger partial charge in [-0.2, -0.15) is 0 Å². The number of hydrogen-bond donors (Lipinski definition) is 1. The van der Waals surface area contributed by atoms with Crippen LogP contribution < -0.4 is 10.1 Å². The average molecular weight is 358 g/mol. The molecule has 0 aliphatic carbocycles. The SMILES string of the molecule is CCN(CC(=O)NCc1ccc(F)cc1)C(=O)CCOc1ccccc1. The average Bonchev–Trinajstić information content (AvgIpc) is 2.66. The van der Waals surface area contributed by atoms with Crippen molar-refractivity contribution < 1.29 is 18.7 Å². The van der Waals surface area contributed by atoms with Crippen molar-refractivity contribution >= 4 is 11.8 Å². The van der Waals surface area contributed by atoms with Crippen LogP contribution in [0, 0.1) is 5.82 Å². The van der Waals surface area contributed by atoms with Crippen molar-refractivity contribution in [3.8, 4) is 5.75 Å².